The summed E-state index contributed by atoms with van der Waals surface area (Å²) in [5.74, 6) is -0.343. The summed E-state index contributed by atoms with van der Waals surface area (Å²) < 4.78 is 5.13. The van der Waals surface area contributed by atoms with Crippen molar-refractivity contribution in [2.45, 2.75) is 59.0 Å². The number of carbonyl (C=O) groups is 1. The van der Waals surface area contributed by atoms with Crippen molar-refractivity contribution in [2.75, 3.05) is 6.61 Å². The smallest absolute Gasteiger partial charge is 0.312 e. The molecule has 0 aliphatic heterocycles. The van der Waals surface area contributed by atoms with E-state index >= 15 is 0 Å². The molecule has 3 heteroatoms. The van der Waals surface area contributed by atoms with E-state index in [-0.39, 0.29) is 17.8 Å². The fourth-order valence-corrected chi connectivity index (χ4v) is 3.10. The third kappa shape index (κ3) is 3.01. The lowest BCUT2D eigenvalue weighted by atomic mass is 9.66. The molecule has 0 bridgehead atoms. The van der Waals surface area contributed by atoms with E-state index in [1.807, 2.05) is 27.7 Å². The highest BCUT2D eigenvalue weighted by Gasteiger charge is 2.48. The zero-order valence-corrected chi connectivity index (χ0v) is 11.5. The van der Waals surface area contributed by atoms with Gasteiger partial charge in [0.05, 0.1) is 18.1 Å². The number of aliphatic hydroxyl groups is 1. The van der Waals surface area contributed by atoms with Crippen molar-refractivity contribution in [1.29, 1.82) is 0 Å². The predicted octanol–water partition coefficient (Wildman–Crippen LogP) is 2.76. The van der Waals surface area contributed by atoms with E-state index in [1.54, 1.807) is 0 Å². The lowest BCUT2D eigenvalue weighted by molar-refractivity contribution is -0.171. The van der Waals surface area contributed by atoms with E-state index in [9.17, 15) is 9.90 Å². The van der Waals surface area contributed by atoms with Crippen LogP contribution in [0.2, 0.25) is 0 Å². The summed E-state index contributed by atoms with van der Waals surface area (Å²) in [6.45, 7) is 8.21. The first kappa shape index (κ1) is 14.5. The zero-order valence-electron chi connectivity index (χ0n) is 11.5. The molecule has 3 unspecified atom stereocenters. The van der Waals surface area contributed by atoms with Gasteiger partial charge in [-0.25, -0.2) is 0 Å². The van der Waals surface area contributed by atoms with Crippen molar-refractivity contribution < 1.29 is 14.6 Å². The summed E-state index contributed by atoms with van der Waals surface area (Å²) in [4.78, 5) is 12.1. The van der Waals surface area contributed by atoms with E-state index in [1.165, 1.54) is 0 Å². The Morgan fingerprint density at radius 2 is 2.12 bits per heavy atom. The highest BCUT2D eigenvalue weighted by atomic mass is 16.5. The number of esters is 1. The minimum Gasteiger partial charge on any atom is -0.466 e. The number of hydrogen-bond acceptors (Lipinski definition) is 3. The maximum absolute atomic E-state index is 12.1. The first-order valence-corrected chi connectivity index (χ1v) is 6.82. The number of hydrogen-bond donors (Lipinski definition) is 1. The summed E-state index contributed by atoms with van der Waals surface area (Å²) in [5, 5.41) is 10.9. The van der Waals surface area contributed by atoms with Crippen LogP contribution in [0.25, 0.3) is 0 Å². The van der Waals surface area contributed by atoms with Crippen LogP contribution in [0.5, 0.6) is 0 Å². The average molecular weight is 242 g/mol. The van der Waals surface area contributed by atoms with Crippen LogP contribution in [0.4, 0.5) is 0 Å². The third-order valence-corrected chi connectivity index (χ3v) is 4.06. The van der Waals surface area contributed by atoms with Gasteiger partial charge >= 0.3 is 5.97 Å². The minimum absolute atomic E-state index is 0.111. The molecule has 0 aromatic carbocycles. The Hall–Kier alpha value is -0.570. The molecule has 0 aromatic heterocycles. The molecule has 0 spiro atoms. The van der Waals surface area contributed by atoms with Gasteiger partial charge in [0, 0.05) is 0 Å². The number of ether oxygens (including phenoxy) is 1. The van der Waals surface area contributed by atoms with E-state index in [4.69, 9.17) is 4.74 Å². The van der Waals surface area contributed by atoms with E-state index < -0.39 is 11.5 Å². The Morgan fingerprint density at radius 1 is 1.47 bits per heavy atom. The molecule has 3 atom stereocenters. The zero-order chi connectivity index (χ0) is 13.1. The fraction of sp³-hybridized carbons (Fsp3) is 0.929. The van der Waals surface area contributed by atoms with Crippen LogP contribution in [0.1, 0.15) is 53.4 Å². The van der Waals surface area contributed by atoms with Gasteiger partial charge in [0.1, 0.15) is 0 Å². The Morgan fingerprint density at radius 3 is 2.59 bits per heavy atom. The molecular weight excluding hydrogens is 216 g/mol. The van der Waals surface area contributed by atoms with Gasteiger partial charge in [-0.3, -0.25) is 4.79 Å². The van der Waals surface area contributed by atoms with E-state index in [2.05, 4.69) is 0 Å². The molecule has 0 amide bonds. The maximum Gasteiger partial charge on any atom is 0.312 e. The molecule has 1 rings (SSSR count). The quantitative estimate of drug-likeness (QED) is 0.771. The predicted molar refractivity (Wildman–Crippen MR) is 67.5 cm³/mol. The Balaban J connectivity index is 2.91. The van der Waals surface area contributed by atoms with Crippen molar-refractivity contribution in [3.05, 3.63) is 0 Å². The van der Waals surface area contributed by atoms with E-state index in [0.717, 1.165) is 25.7 Å². The van der Waals surface area contributed by atoms with Crippen LogP contribution in [-0.4, -0.2) is 23.3 Å². The van der Waals surface area contributed by atoms with Gasteiger partial charge in [0.2, 0.25) is 0 Å². The largest absolute Gasteiger partial charge is 0.466 e. The SMILES string of the molecule is CCOC(=O)C(C(C)C)C1(O)CCCCC1C. The molecule has 0 radical (unpaired) electrons. The molecule has 1 aliphatic rings. The Bertz CT molecular complexity index is 262. The van der Waals surface area contributed by atoms with Crippen LogP contribution >= 0.6 is 0 Å². The van der Waals surface area contributed by atoms with Crippen LogP contribution in [-0.2, 0) is 9.53 Å². The van der Waals surface area contributed by atoms with Crippen molar-refractivity contribution in [3.8, 4) is 0 Å². The summed E-state index contributed by atoms with van der Waals surface area (Å²) in [6, 6.07) is 0. The number of carbonyl (C=O) groups excluding carboxylic acids is 1. The Labute approximate surface area is 105 Å². The van der Waals surface area contributed by atoms with Gasteiger partial charge < -0.3 is 9.84 Å². The first-order valence-electron chi connectivity index (χ1n) is 6.82. The highest BCUT2D eigenvalue weighted by molar-refractivity contribution is 5.74. The second-order valence-electron chi connectivity index (χ2n) is 5.61. The molecule has 100 valence electrons. The molecule has 0 aromatic rings. The summed E-state index contributed by atoms with van der Waals surface area (Å²) >= 11 is 0. The van der Waals surface area contributed by atoms with Crippen molar-refractivity contribution in [2.24, 2.45) is 17.8 Å². The highest BCUT2D eigenvalue weighted by Crippen LogP contribution is 2.42. The van der Waals surface area contributed by atoms with Crippen LogP contribution in [0.15, 0.2) is 0 Å². The molecule has 0 heterocycles. The van der Waals surface area contributed by atoms with Crippen LogP contribution in [0.3, 0.4) is 0 Å². The fourth-order valence-electron chi connectivity index (χ4n) is 3.10. The molecule has 0 saturated heterocycles. The van der Waals surface area contributed by atoms with Crippen molar-refractivity contribution in [1.82, 2.24) is 0 Å². The van der Waals surface area contributed by atoms with Gasteiger partial charge in [-0.2, -0.15) is 0 Å². The lowest BCUT2D eigenvalue weighted by Crippen LogP contribution is -2.51. The average Bonchev–Trinajstić information content (AvgIpc) is 2.22. The normalized spacial score (nSPS) is 31.3. The lowest BCUT2D eigenvalue weighted by Gasteiger charge is -2.44. The molecule has 1 aliphatic carbocycles. The number of rotatable bonds is 4. The standard InChI is InChI=1S/C14H26O3/c1-5-17-13(15)12(10(2)3)14(16)9-7-6-8-11(14)4/h10-12,16H,5-9H2,1-4H3. The second kappa shape index (κ2) is 5.85. The van der Waals surface area contributed by atoms with Crippen molar-refractivity contribution in [3.63, 3.8) is 0 Å². The van der Waals surface area contributed by atoms with Crippen LogP contribution < -0.4 is 0 Å². The molecule has 1 saturated carbocycles. The van der Waals surface area contributed by atoms with Gasteiger partial charge in [-0.05, 0) is 31.6 Å². The minimum atomic E-state index is -0.876. The molecule has 1 fully saturated rings. The Kier molecular flexibility index (Phi) is 4.99. The summed E-state index contributed by atoms with van der Waals surface area (Å²) in [5.41, 5.74) is -0.876. The summed E-state index contributed by atoms with van der Waals surface area (Å²) in [6.07, 6.45) is 3.87. The van der Waals surface area contributed by atoms with E-state index in [0.29, 0.717) is 6.61 Å². The van der Waals surface area contributed by atoms with Gasteiger partial charge in [-0.15, -0.1) is 0 Å². The van der Waals surface area contributed by atoms with Crippen LogP contribution in [0, 0.1) is 17.8 Å². The summed E-state index contributed by atoms with van der Waals surface area (Å²) in [7, 11) is 0. The topological polar surface area (TPSA) is 46.5 Å². The third-order valence-electron chi connectivity index (χ3n) is 4.06. The monoisotopic (exact) mass is 242 g/mol. The second-order valence-corrected chi connectivity index (χ2v) is 5.61. The maximum atomic E-state index is 12.1. The molecule has 17 heavy (non-hydrogen) atoms. The van der Waals surface area contributed by atoms with Gasteiger partial charge in [-0.1, -0.05) is 33.6 Å². The first-order chi connectivity index (χ1) is 7.93. The van der Waals surface area contributed by atoms with Gasteiger partial charge in [0.25, 0.3) is 0 Å². The molecular formula is C14H26O3. The molecule has 1 N–H and O–H groups in total. The molecule has 3 nitrogen and oxygen atoms in total. The van der Waals surface area contributed by atoms with Crippen molar-refractivity contribution >= 4 is 5.97 Å². The van der Waals surface area contributed by atoms with Gasteiger partial charge in [0.15, 0.2) is 0 Å².